The van der Waals surface area contributed by atoms with E-state index >= 15 is 0 Å². The van der Waals surface area contributed by atoms with E-state index in [-0.39, 0.29) is 5.78 Å². The van der Waals surface area contributed by atoms with Crippen molar-refractivity contribution in [3.8, 4) is 0 Å². The molecule has 0 saturated heterocycles. The number of nitrogens with zero attached hydrogens (tertiary/aromatic N) is 4. The molecule has 0 unspecified atom stereocenters. The number of rotatable bonds is 2. The van der Waals surface area contributed by atoms with Gasteiger partial charge in [0.25, 0.3) is 0 Å². The summed E-state index contributed by atoms with van der Waals surface area (Å²) in [4.78, 5) is 19.7. The highest BCUT2D eigenvalue weighted by molar-refractivity contribution is 6.08. The van der Waals surface area contributed by atoms with Crippen LogP contribution in [0.25, 0.3) is 0 Å². The Morgan fingerprint density at radius 2 is 2.20 bits per heavy atom. The van der Waals surface area contributed by atoms with Gasteiger partial charge in [-0.3, -0.25) is 14.5 Å². The summed E-state index contributed by atoms with van der Waals surface area (Å²) in [6.07, 6.45) is 6.17. The van der Waals surface area contributed by atoms with E-state index in [1.165, 1.54) is 18.6 Å². The summed E-state index contributed by atoms with van der Waals surface area (Å²) in [5.74, 6) is -0.145. The average Bonchev–Trinajstić information content (AvgIpc) is 2.58. The van der Waals surface area contributed by atoms with Gasteiger partial charge in [0.2, 0.25) is 5.78 Å². The van der Waals surface area contributed by atoms with E-state index in [0.717, 1.165) is 0 Å². The molecule has 0 saturated carbocycles. The van der Waals surface area contributed by atoms with Gasteiger partial charge in [-0.2, -0.15) is 5.10 Å². The summed E-state index contributed by atoms with van der Waals surface area (Å²) >= 11 is 0. The Balaban J connectivity index is 2.41. The molecule has 0 amide bonds. The van der Waals surface area contributed by atoms with Gasteiger partial charge in [0.1, 0.15) is 5.69 Å². The molecule has 0 aliphatic heterocycles. The van der Waals surface area contributed by atoms with Crippen LogP contribution in [0.4, 0.5) is 0 Å². The molecule has 0 spiro atoms. The zero-order valence-electron chi connectivity index (χ0n) is 8.51. The maximum Gasteiger partial charge on any atom is 0.216 e. The molecule has 2 aromatic heterocycles. The van der Waals surface area contributed by atoms with E-state index in [1.54, 1.807) is 24.9 Å². The topological polar surface area (TPSA) is 60.7 Å². The molecule has 0 bridgehead atoms. The molecule has 0 aliphatic rings. The molecule has 2 aromatic rings. The molecule has 0 fully saturated rings. The summed E-state index contributed by atoms with van der Waals surface area (Å²) < 4.78 is 1.61. The van der Waals surface area contributed by atoms with Crippen LogP contribution in [0.3, 0.4) is 0 Å². The van der Waals surface area contributed by atoms with Crippen LogP contribution in [0.2, 0.25) is 0 Å². The monoisotopic (exact) mass is 202 g/mol. The quantitative estimate of drug-likeness (QED) is 0.674. The van der Waals surface area contributed by atoms with Crippen LogP contribution in [0.1, 0.15) is 21.7 Å². The van der Waals surface area contributed by atoms with Crippen molar-refractivity contribution < 1.29 is 4.79 Å². The second-order valence-corrected chi connectivity index (χ2v) is 3.22. The summed E-state index contributed by atoms with van der Waals surface area (Å²) in [6.45, 7) is 1.80. The van der Waals surface area contributed by atoms with Crippen molar-refractivity contribution in [1.82, 2.24) is 19.7 Å². The van der Waals surface area contributed by atoms with Crippen molar-refractivity contribution in [3.63, 3.8) is 0 Å². The first kappa shape index (κ1) is 9.51. The largest absolute Gasteiger partial charge is 0.287 e. The molecule has 0 radical (unpaired) electrons. The molecule has 5 heteroatoms. The number of ketones is 1. The standard InChI is InChI=1S/C10H10N4O/c1-7-8(6-14(2)13-7)10(15)9-5-11-3-4-12-9/h3-6H,1-2H3. The van der Waals surface area contributed by atoms with Gasteiger partial charge >= 0.3 is 0 Å². The zero-order valence-corrected chi connectivity index (χ0v) is 8.51. The lowest BCUT2D eigenvalue weighted by Gasteiger charge is -1.96. The van der Waals surface area contributed by atoms with Gasteiger partial charge in [0, 0.05) is 25.6 Å². The van der Waals surface area contributed by atoms with Crippen LogP contribution < -0.4 is 0 Å². The van der Waals surface area contributed by atoms with Gasteiger partial charge in [-0.1, -0.05) is 0 Å². The van der Waals surface area contributed by atoms with Gasteiger partial charge in [0.05, 0.1) is 17.5 Å². The van der Waals surface area contributed by atoms with E-state index in [2.05, 4.69) is 15.1 Å². The lowest BCUT2D eigenvalue weighted by Crippen LogP contribution is -2.04. The maximum absolute atomic E-state index is 11.9. The lowest BCUT2D eigenvalue weighted by molar-refractivity contribution is 0.103. The summed E-state index contributed by atoms with van der Waals surface area (Å²) in [6, 6.07) is 0. The third-order valence-corrected chi connectivity index (χ3v) is 2.05. The highest BCUT2D eigenvalue weighted by Crippen LogP contribution is 2.09. The highest BCUT2D eigenvalue weighted by Gasteiger charge is 2.15. The van der Waals surface area contributed by atoms with Crippen molar-refractivity contribution in [2.75, 3.05) is 0 Å². The van der Waals surface area contributed by atoms with E-state index in [9.17, 15) is 4.79 Å². The molecule has 0 aromatic carbocycles. The van der Waals surface area contributed by atoms with Crippen molar-refractivity contribution >= 4 is 5.78 Å². The first-order valence-corrected chi connectivity index (χ1v) is 4.49. The van der Waals surface area contributed by atoms with Gasteiger partial charge < -0.3 is 0 Å². The number of aromatic nitrogens is 4. The van der Waals surface area contributed by atoms with Gasteiger partial charge in [0.15, 0.2) is 0 Å². The Hall–Kier alpha value is -2.04. The van der Waals surface area contributed by atoms with Crippen LogP contribution in [-0.2, 0) is 7.05 Å². The second-order valence-electron chi connectivity index (χ2n) is 3.22. The van der Waals surface area contributed by atoms with Crippen molar-refractivity contribution in [3.05, 3.63) is 41.7 Å². The number of carbonyl (C=O) groups excluding carboxylic acids is 1. The normalized spacial score (nSPS) is 10.3. The Morgan fingerprint density at radius 3 is 2.73 bits per heavy atom. The Morgan fingerprint density at radius 1 is 1.40 bits per heavy atom. The summed E-state index contributed by atoms with van der Waals surface area (Å²) in [5, 5.41) is 4.11. The Kier molecular flexibility index (Phi) is 2.29. The third kappa shape index (κ3) is 1.76. The van der Waals surface area contributed by atoms with Gasteiger partial charge in [-0.05, 0) is 6.92 Å². The van der Waals surface area contributed by atoms with E-state index in [4.69, 9.17) is 0 Å². The molecule has 76 valence electrons. The third-order valence-electron chi connectivity index (χ3n) is 2.05. The van der Waals surface area contributed by atoms with Crippen LogP contribution >= 0.6 is 0 Å². The number of carbonyl (C=O) groups is 1. The summed E-state index contributed by atoms with van der Waals surface area (Å²) in [7, 11) is 1.78. The van der Waals surface area contributed by atoms with E-state index in [0.29, 0.717) is 17.0 Å². The van der Waals surface area contributed by atoms with Crippen LogP contribution in [0.5, 0.6) is 0 Å². The summed E-state index contributed by atoms with van der Waals surface area (Å²) in [5.41, 5.74) is 1.61. The van der Waals surface area contributed by atoms with E-state index in [1.807, 2.05) is 0 Å². The fourth-order valence-electron chi connectivity index (χ4n) is 1.38. The molecular formula is C10H10N4O. The molecule has 5 nitrogen and oxygen atoms in total. The van der Waals surface area contributed by atoms with Crippen LogP contribution in [0, 0.1) is 6.92 Å². The molecule has 2 rings (SSSR count). The van der Waals surface area contributed by atoms with Crippen molar-refractivity contribution in [2.45, 2.75) is 6.92 Å². The zero-order chi connectivity index (χ0) is 10.8. The second kappa shape index (κ2) is 3.61. The lowest BCUT2D eigenvalue weighted by atomic mass is 10.1. The fraction of sp³-hybridized carbons (Fsp3) is 0.200. The minimum absolute atomic E-state index is 0.145. The van der Waals surface area contributed by atoms with Gasteiger partial charge in [-0.25, -0.2) is 4.98 Å². The molecule has 0 N–H and O–H groups in total. The first-order chi connectivity index (χ1) is 7.18. The molecule has 15 heavy (non-hydrogen) atoms. The maximum atomic E-state index is 11.9. The Labute approximate surface area is 86.8 Å². The average molecular weight is 202 g/mol. The molecule has 0 atom stereocenters. The van der Waals surface area contributed by atoms with Crippen molar-refractivity contribution in [2.24, 2.45) is 7.05 Å². The Bertz CT molecular complexity index is 489. The molecule has 0 aliphatic carbocycles. The number of hydrogen-bond acceptors (Lipinski definition) is 4. The first-order valence-electron chi connectivity index (χ1n) is 4.49. The van der Waals surface area contributed by atoms with E-state index < -0.39 is 0 Å². The predicted molar refractivity (Wildman–Crippen MR) is 53.4 cm³/mol. The number of aryl methyl sites for hydroxylation is 2. The smallest absolute Gasteiger partial charge is 0.216 e. The minimum Gasteiger partial charge on any atom is -0.287 e. The SMILES string of the molecule is Cc1nn(C)cc1C(=O)c1cnccn1. The van der Waals surface area contributed by atoms with Crippen LogP contribution in [0.15, 0.2) is 24.8 Å². The molecule has 2 heterocycles. The van der Waals surface area contributed by atoms with Gasteiger partial charge in [-0.15, -0.1) is 0 Å². The number of hydrogen-bond donors (Lipinski definition) is 0. The highest BCUT2D eigenvalue weighted by atomic mass is 16.1. The fourth-order valence-corrected chi connectivity index (χ4v) is 1.38. The van der Waals surface area contributed by atoms with Crippen LogP contribution in [-0.4, -0.2) is 25.5 Å². The van der Waals surface area contributed by atoms with Crippen molar-refractivity contribution in [1.29, 1.82) is 0 Å². The molecular weight excluding hydrogens is 192 g/mol. The predicted octanol–water partition coefficient (Wildman–Crippen LogP) is 0.750. The minimum atomic E-state index is -0.145.